The monoisotopic (exact) mass is 298 g/mol. The van der Waals surface area contributed by atoms with Gasteiger partial charge in [-0.05, 0) is 24.5 Å². The van der Waals surface area contributed by atoms with Crippen molar-refractivity contribution in [1.82, 2.24) is 0 Å². The first-order valence-electron chi connectivity index (χ1n) is 7.46. The maximum absolute atomic E-state index is 10.1. The Morgan fingerprint density at radius 2 is 1.90 bits per heavy atom. The van der Waals surface area contributed by atoms with Gasteiger partial charge >= 0.3 is 0 Å². The molecule has 0 saturated carbocycles. The second-order valence-electron chi connectivity index (χ2n) is 6.29. The van der Waals surface area contributed by atoms with Gasteiger partial charge in [0.15, 0.2) is 0 Å². The Morgan fingerprint density at radius 1 is 1.24 bits per heavy atom. The smallest absolute Gasteiger partial charge is 0.129 e. The summed E-state index contributed by atoms with van der Waals surface area (Å²) in [5.41, 5.74) is 5.47. The third-order valence-corrected chi connectivity index (χ3v) is 3.91. The van der Waals surface area contributed by atoms with Crippen LogP contribution in [0.25, 0.3) is 6.08 Å². The predicted molar refractivity (Wildman–Crippen MR) is 95.6 cm³/mol. The van der Waals surface area contributed by atoms with E-state index in [1.54, 1.807) is 0 Å². The van der Waals surface area contributed by atoms with Crippen LogP contribution >= 0.6 is 0 Å². The van der Waals surface area contributed by atoms with Crippen molar-refractivity contribution in [2.75, 3.05) is 0 Å². The Morgan fingerprint density at radius 3 is 2.52 bits per heavy atom. The fourth-order valence-corrected chi connectivity index (χ4v) is 2.41. The lowest BCUT2D eigenvalue weighted by Gasteiger charge is -2.09. The molecule has 1 N–H and O–H groups in total. The van der Waals surface area contributed by atoms with Crippen LogP contribution in [0.1, 0.15) is 25.3 Å². The summed E-state index contributed by atoms with van der Waals surface area (Å²) in [7, 11) is -1.28. The van der Waals surface area contributed by atoms with Crippen molar-refractivity contribution in [3.05, 3.63) is 53.6 Å². The maximum atomic E-state index is 10.1. The first kappa shape index (κ1) is 17.5. The van der Waals surface area contributed by atoms with E-state index < -0.39 is 14.2 Å². The van der Waals surface area contributed by atoms with Crippen LogP contribution in [0.2, 0.25) is 19.6 Å². The van der Waals surface area contributed by atoms with Gasteiger partial charge in [-0.15, -0.1) is 11.5 Å². The summed E-state index contributed by atoms with van der Waals surface area (Å²) in [4.78, 5) is 0. The number of benzene rings is 1. The van der Waals surface area contributed by atoms with Gasteiger partial charge in [0.1, 0.15) is 8.07 Å². The molecule has 21 heavy (non-hydrogen) atoms. The summed E-state index contributed by atoms with van der Waals surface area (Å²) in [6.45, 7) is 8.66. The van der Waals surface area contributed by atoms with Crippen LogP contribution < -0.4 is 0 Å². The number of rotatable bonds is 5. The molecular formula is C19H26OSi. The molecule has 1 nitrogen and oxygen atoms in total. The minimum atomic E-state index is -1.28. The van der Waals surface area contributed by atoms with E-state index in [-0.39, 0.29) is 0 Å². The molecule has 0 spiro atoms. The number of aliphatic hydroxyl groups excluding tert-OH is 1. The Bertz CT molecular complexity index is 538. The molecule has 1 aromatic carbocycles. The second kappa shape index (κ2) is 8.66. The predicted octanol–water partition coefficient (Wildman–Crippen LogP) is 4.67. The molecule has 1 aromatic rings. The third kappa shape index (κ3) is 8.34. The van der Waals surface area contributed by atoms with E-state index >= 15 is 0 Å². The summed E-state index contributed by atoms with van der Waals surface area (Å²) in [5.74, 6) is 3.20. The van der Waals surface area contributed by atoms with Gasteiger partial charge in [-0.25, -0.2) is 0 Å². The highest BCUT2D eigenvalue weighted by Gasteiger charge is 2.08. The molecule has 0 aliphatic carbocycles. The highest BCUT2D eigenvalue weighted by molar-refractivity contribution is 6.83. The lowest BCUT2D eigenvalue weighted by atomic mass is 10.1. The Kier molecular flexibility index (Phi) is 7.21. The molecule has 1 rings (SSSR count). The van der Waals surface area contributed by atoms with Crippen molar-refractivity contribution in [1.29, 1.82) is 0 Å². The average molecular weight is 299 g/mol. The van der Waals surface area contributed by atoms with Crippen molar-refractivity contribution in [3.8, 4) is 11.5 Å². The summed E-state index contributed by atoms with van der Waals surface area (Å²) < 4.78 is 0. The Hall–Kier alpha value is -1.56. The zero-order valence-electron chi connectivity index (χ0n) is 13.6. The minimum Gasteiger partial charge on any atom is -0.389 e. The standard InChI is InChI=1S/C19H26OSi/c1-17(11-10-14-18-12-6-5-7-13-18)19(20)15-8-9-16-21(2,3)4/h5-7,10-14,19-20H,8,15H2,1-4H3/b14-10+,17-11-. The summed E-state index contributed by atoms with van der Waals surface area (Å²) in [6.07, 6.45) is 7.08. The van der Waals surface area contributed by atoms with E-state index in [1.807, 2.05) is 43.4 Å². The van der Waals surface area contributed by atoms with Crippen LogP contribution in [0.4, 0.5) is 0 Å². The highest BCUT2D eigenvalue weighted by Crippen LogP contribution is 2.09. The number of hydrogen-bond acceptors (Lipinski definition) is 1. The molecule has 0 amide bonds. The van der Waals surface area contributed by atoms with Crippen molar-refractivity contribution in [3.63, 3.8) is 0 Å². The number of aliphatic hydroxyl groups is 1. The van der Waals surface area contributed by atoms with Crippen molar-refractivity contribution < 1.29 is 5.11 Å². The number of hydrogen-bond donors (Lipinski definition) is 1. The second-order valence-corrected chi connectivity index (χ2v) is 11.0. The summed E-state index contributed by atoms with van der Waals surface area (Å²) >= 11 is 0. The Balaban J connectivity index is 2.46. The van der Waals surface area contributed by atoms with Crippen molar-refractivity contribution in [2.45, 2.75) is 45.5 Å². The normalized spacial score (nSPS) is 13.9. The van der Waals surface area contributed by atoms with Gasteiger partial charge in [0.05, 0.1) is 6.10 Å². The minimum absolute atomic E-state index is 0.402. The van der Waals surface area contributed by atoms with Crippen LogP contribution in [-0.2, 0) is 0 Å². The van der Waals surface area contributed by atoms with Gasteiger partial charge in [-0.2, -0.15) is 0 Å². The maximum Gasteiger partial charge on any atom is 0.129 e. The molecule has 0 fully saturated rings. The van der Waals surface area contributed by atoms with Gasteiger partial charge in [-0.3, -0.25) is 0 Å². The van der Waals surface area contributed by atoms with Crippen LogP contribution in [0, 0.1) is 11.5 Å². The van der Waals surface area contributed by atoms with Crippen LogP contribution in [0.5, 0.6) is 0 Å². The van der Waals surface area contributed by atoms with Crippen LogP contribution in [0.15, 0.2) is 48.1 Å². The molecule has 0 aliphatic heterocycles. The molecule has 0 aromatic heterocycles. The van der Waals surface area contributed by atoms with Gasteiger partial charge in [0, 0.05) is 6.42 Å². The third-order valence-electron chi connectivity index (χ3n) is 2.98. The average Bonchev–Trinajstić information content (AvgIpc) is 2.43. The van der Waals surface area contributed by atoms with Gasteiger partial charge in [0.2, 0.25) is 0 Å². The molecule has 0 bridgehead atoms. The highest BCUT2D eigenvalue weighted by atomic mass is 28.3. The quantitative estimate of drug-likeness (QED) is 0.476. The molecule has 0 saturated heterocycles. The molecule has 0 heterocycles. The van der Waals surface area contributed by atoms with E-state index in [9.17, 15) is 5.11 Å². The summed E-state index contributed by atoms with van der Waals surface area (Å²) in [5, 5.41) is 10.1. The van der Waals surface area contributed by atoms with E-state index in [0.717, 1.165) is 17.6 Å². The zero-order valence-corrected chi connectivity index (χ0v) is 14.6. The van der Waals surface area contributed by atoms with Crippen LogP contribution in [0.3, 0.4) is 0 Å². The lowest BCUT2D eigenvalue weighted by molar-refractivity contribution is 0.202. The van der Waals surface area contributed by atoms with Gasteiger partial charge < -0.3 is 5.11 Å². The first-order chi connectivity index (χ1) is 9.88. The summed E-state index contributed by atoms with van der Waals surface area (Å²) in [6, 6.07) is 10.2. The van der Waals surface area contributed by atoms with E-state index in [2.05, 4.69) is 43.2 Å². The van der Waals surface area contributed by atoms with E-state index in [1.165, 1.54) is 0 Å². The SMILES string of the molecule is C/C(=C/C=C/c1ccccc1)C(O)CCC#C[Si](C)(C)C. The van der Waals surface area contributed by atoms with Gasteiger partial charge in [0.25, 0.3) is 0 Å². The van der Waals surface area contributed by atoms with Crippen molar-refractivity contribution in [2.24, 2.45) is 0 Å². The van der Waals surface area contributed by atoms with Crippen LogP contribution in [-0.4, -0.2) is 19.3 Å². The molecular weight excluding hydrogens is 272 g/mol. The lowest BCUT2D eigenvalue weighted by Crippen LogP contribution is -2.16. The Labute approximate surface area is 130 Å². The van der Waals surface area contributed by atoms with E-state index in [0.29, 0.717) is 6.42 Å². The molecule has 1 atom stereocenters. The van der Waals surface area contributed by atoms with Crippen molar-refractivity contribution >= 4 is 14.1 Å². The largest absolute Gasteiger partial charge is 0.389 e. The molecule has 0 radical (unpaired) electrons. The number of allylic oxidation sites excluding steroid dienone is 2. The first-order valence-corrected chi connectivity index (χ1v) is 11.0. The fraction of sp³-hybridized carbons (Fsp3) is 0.368. The van der Waals surface area contributed by atoms with Gasteiger partial charge in [-0.1, -0.05) is 68.2 Å². The molecule has 112 valence electrons. The molecule has 0 aliphatic rings. The molecule has 1 unspecified atom stereocenters. The molecule has 2 heteroatoms. The topological polar surface area (TPSA) is 20.2 Å². The van der Waals surface area contributed by atoms with E-state index in [4.69, 9.17) is 0 Å². The zero-order chi connectivity index (χ0) is 15.7. The fourth-order valence-electron chi connectivity index (χ4n) is 1.75.